The Hall–Kier alpha value is -7.05. The quantitative estimate of drug-likeness (QED) is 0.0611. The molecule has 0 fully saturated rings. The first-order chi connectivity index (χ1) is 43.3. The normalized spacial score (nSPS) is 16.0. The molecule has 29 heteroatoms. The molecular weight excluding hydrogens is 1510 g/mol. The van der Waals surface area contributed by atoms with Crippen LogP contribution in [0, 0.1) is 5.41 Å². The molecule has 2 aliphatic rings. The first-order valence-corrected chi connectivity index (χ1v) is 29.5. The molecule has 1 heterocycles. The van der Waals surface area contributed by atoms with Gasteiger partial charge in [-0.3, -0.25) is 0 Å². The Balaban J connectivity index is 0.000000308. The maximum Gasteiger partial charge on any atom is 0.416 e. The van der Waals surface area contributed by atoms with Crippen LogP contribution in [-0.4, -0.2) is 24.7 Å². The molecule has 0 amide bonds. The number of hydrogen-bond acceptors (Lipinski definition) is 2. The molecule has 2 nitrogen and oxygen atoms in total. The molecule has 0 saturated carbocycles. The van der Waals surface area contributed by atoms with E-state index < -0.39 is 203 Å². The van der Waals surface area contributed by atoms with Gasteiger partial charge in [-0.15, -0.1) is 0 Å². The van der Waals surface area contributed by atoms with E-state index in [4.69, 9.17) is 9.73 Å². The van der Waals surface area contributed by atoms with Crippen LogP contribution in [0.25, 0.3) is 0 Å². The number of halogens is 24. The van der Waals surface area contributed by atoms with Gasteiger partial charge in [0.1, 0.15) is 12.8 Å². The molecule has 1 atom stereocenters. The molecule has 95 heavy (non-hydrogen) atoms. The Bertz CT molecular complexity index is 3340. The molecule has 0 saturated heterocycles. The van der Waals surface area contributed by atoms with Gasteiger partial charge in [0.05, 0.1) is 50.5 Å². The molecule has 7 aromatic carbocycles. The van der Waals surface area contributed by atoms with E-state index in [0.29, 0.717) is 6.61 Å². The molecule has 0 N–H and O–H groups in total. The third kappa shape index (κ3) is 19.8. The summed E-state index contributed by atoms with van der Waals surface area (Å²) >= 11 is 0. The molecule has 1 radical (unpaired) electrons. The smallest absolute Gasteiger partial charge is 0.416 e. The van der Waals surface area contributed by atoms with Crippen molar-refractivity contribution in [3.63, 3.8) is 0 Å². The second-order valence-electron chi connectivity index (χ2n) is 23.0. The maximum atomic E-state index is 14.2. The summed E-state index contributed by atoms with van der Waals surface area (Å²) in [6.45, 7) is 7.46. The monoisotopic (exact) mass is 1570 g/mol. The van der Waals surface area contributed by atoms with Crippen LogP contribution >= 0.6 is 7.92 Å². The number of rotatable bonds is 9. The fourth-order valence-electron chi connectivity index (χ4n) is 10.7. The summed E-state index contributed by atoms with van der Waals surface area (Å²) in [4.78, 5) is 4.98. The number of hydrogen-bond donors (Lipinski definition) is 0. The number of alkyl halides is 24. The molecule has 0 spiro atoms. The fraction of sp³-hybridized carbons (Fsp3) is 0.288. The average molecular weight is 1570 g/mol. The Morgan fingerprint density at radius 3 is 0.874 bits per heavy atom. The van der Waals surface area contributed by atoms with Gasteiger partial charge in [0.25, 0.3) is 0 Å². The summed E-state index contributed by atoms with van der Waals surface area (Å²) in [5.41, 5.74) is -28.8. The van der Waals surface area contributed by atoms with E-state index in [0.717, 1.165) is 17.9 Å². The van der Waals surface area contributed by atoms with Crippen LogP contribution in [0.2, 0.25) is 0 Å². The number of benzene rings is 7. The van der Waals surface area contributed by atoms with Crippen molar-refractivity contribution in [1.29, 1.82) is 0 Å². The molecule has 0 bridgehead atoms. The van der Waals surface area contributed by atoms with Crippen LogP contribution in [-0.2, 0) is 74.3 Å². The first kappa shape index (κ1) is 77.0. The Labute approximate surface area is 543 Å². The van der Waals surface area contributed by atoms with Gasteiger partial charge in [-0.25, -0.2) is 4.99 Å². The van der Waals surface area contributed by atoms with Gasteiger partial charge in [0, 0.05) is 25.7 Å². The Morgan fingerprint density at radius 2 is 0.621 bits per heavy atom. The van der Waals surface area contributed by atoms with Crippen molar-refractivity contribution >= 4 is 57.7 Å². The molecule has 1 aliphatic carbocycles. The Kier molecular flexibility index (Phi) is 23.8. The van der Waals surface area contributed by atoms with E-state index in [2.05, 4.69) is 130 Å². The summed E-state index contributed by atoms with van der Waals surface area (Å²) < 4.78 is 347. The predicted molar refractivity (Wildman–Crippen MR) is 312 cm³/mol. The van der Waals surface area contributed by atoms with Crippen molar-refractivity contribution in [2.45, 2.75) is 108 Å². The van der Waals surface area contributed by atoms with Crippen molar-refractivity contribution in [1.82, 2.24) is 0 Å². The molecule has 1 aliphatic heterocycles. The maximum absolute atomic E-state index is 14.2. The van der Waals surface area contributed by atoms with Gasteiger partial charge in [0.2, 0.25) is 5.90 Å². The fourth-order valence-corrected chi connectivity index (χ4v) is 13.2. The van der Waals surface area contributed by atoms with E-state index in [1.54, 1.807) is 0 Å². The van der Waals surface area contributed by atoms with Crippen LogP contribution in [0.4, 0.5) is 105 Å². The number of aliphatic imine (C=N–C) groups is 1. The summed E-state index contributed by atoms with van der Waals surface area (Å²) in [7, 11) is -0.685. The molecular formula is C66H52BF24IrNOP-. The molecule has 9 rings (SSSR count). The van der Waals surface area contributed by atoms with Crippen molar-refractivity contribution in [3.05, 3.63) is 232 Å². The summed E-state index contributed by atoms with van der Waals surface area (Å²) in [6, 6.07) is 21.6. The van der Waals surface area contributed by atoms with Gasteiger partial charge in [0.15, 0.2) is 0 Å². The second-order valence-corrected chi connectivity index (χ2v) is 25.2. The second kappa shape index (κ2) is 29.3. The number of ether oxygens (including phenoxy) is 1. The summed E-state index contributed by atoms with van der Waals surface area (Å²) in [5.74, 6) is 0.800. The average Bonchev–Trinajstić information content (AvgIpc) is 0.809. The number of allylic oxidation sites excluding steroid dienone is 4. The van der Waals surface area contributed by atoms with E-state index in [9.17, 15) is 105 Å². The SMILES string of the molecule is C1=C\CC/C=C\CC/1.CC(C)(C)C[C@H]1COC(c2ccccc2P(c2ccccc2)c2ccccc2)=N1.FC(F)(F)c1cc([B-](c2cc(C(F)(F)F)cc(C(F)(F)F)c2)(c2cc(C(F)(F)F)cc(C(F)(F)F)c2)c2cc(C(F)(F)F)cc(C(F)(F)F)c2)cc(C(F)(F)F)c1.[Ir]. The van der Waals surface area contributed by atoms with E-state index >= 15 is 0 Å². The van der Waals surface area contributed by atoms with Gasteiger partial charge in [-0.05, 0) is 91.7 Å². The van der Waals surface area contributed by atoms with Gasteiger partial charge in [-0.1, -0.05) is 172 Å². The zero-order valence-corrected chi connectivity index (χ0v) is 52.7. The minimum atomic E-state index is -6.13. The third-order valence-electron chi connectivity index (χ3n) is 14.7. The van der Waals surface area contributed by atoms with Crippen molar-refractivity contribution in [2.24, 2.45) is 10.4 Å². The van der Waals surface area contributed by atoms with Crippen LogP contribution in [0.15, 0.2) is 187 Å². The predicted octanol–water partition coefficient (Wildman–Crippen LogP) is 18.9. The standard InChI is InChI=1S/C32H12BF24.C26H28NOP.C8H12.Ir/c34-25(35,36)13-1-14(26(37,38)39)6-21(5-13)33(22-7-15(27(40,41)42)2-16(8-22)28(43,44)45,23-9-17(29(46,47)48)3-18(10-23)30(49,50)51)24-11-19(31(52,53)54)4-20(12-24)32(55,56)57;1-26(2,3)18-20-19-28-25(27-20)23-16-10-11-17-24(23)29(21-12-6-4-7-13-21)22-14-8-5-9-15-22;1-2-4-6-8-7-5-3-1;/h1-12H;4-17,20H,18-19H2,1-3H3;1-2,7-8H,3-6H2;/q-1;;;/b;;2-1-,8-7-;/t;20-;;/m.0../s1. The zero-order chi connectivity index (χ0) is 69.8. The summed E-state index contributed by atoms with van der Waals surface area (Å²) in [5, 5.41) is 3.98. The van der Waals surface area contributed by atoms with Crippen LogP contribution in [0.1, 0.15) is 103 Å². The molecule has 7 aromatic rings. The number of nitrogens with zero attached hydrogens (tertiary/aromatic N) is 1. The van der Waals surface area contributed by atoms with Gasteiger partial charge in [-0.2, -0.15) is 127 Å². The summed E-state index contributed by atoms with van der Waals surface area (Å²) in [6.07, 6.45) is -39.8. The first-order valence-electron chi connectivity index (χ1n) is 28.1. The van der Waals surface area contributed by atoms with E-state index in [1.165, 1.54) is 41.6 Å². The molecule has 0 aromatic heterocycles. The molecule has 0 unspecified atom stereocenters. The third-order valence-corrected chi connectivity index (χ3v) is 17.2. The van der Waals surface area contributed by atoms with Crippen LogP contribution in [0.3, 0.4) is 0 Å². The van der Waals surface area contributed by atoms with Gasteiger partial charge < -0.3 is 4.74 Å². The zero-order valence-electron chi connectivity index (χ0n) is 49.4. The molecule has 513 valence electrons. The minimum absolute atomic E-state index is 0. The largest absolute Gasteiger partial charge is 0.475 e. The van der Waals surface area contributed by atoms with E-state index in [1.807, 2.05) is 0 Å². The topological polar surface area (TPSA) is 21.6 Å². The van der Waals surface area contributed by atoms with Gasteiger partial charge >= 0.3 is 49.4 Å². The van der Waals surface area contributed by atoms with E-state index in [-0.39, 0.29) is 31.6 Å². The van der Waals surface area contributed by atoms with Crippen molar-refractivity contribution in [3.8, 4) is 0 Å². The van der Waals surface area contributed by atoms with Crippen molar-refractivity contribution in [2.75, 3.05) is 6.61 Å². The van der Waals surface area contributed by atoms with Crippen molar-refractivity contribution < 1.29 is 130 Å². The minimum Gasteiger partial charge on any atom is -0.475 e. The Morgan fingerprint density at radius 1 is 0.368 bits per heavy atom. The van der Waals surface area contributed by atoms with Crippen LogP contribution in [0.5, 0.6) is 0 Å². The van der Waals surface area contributed by atoms with Crippen LogP contribution < -0.4 is 37.8 Å².